The van der Waals surface area contributed by atoms with Gasteiger partial charge in [0.1, 0.15) is 5.75 Å². The molecule has 1 heterocycles. The minimum atomic E-state index is -2.84. The number of aromatic nitrogens is 1. The van der Waals surface area contributed by atoms with Crippen LogP contribution in [0.3, 0.4) is 0 Å². The molecule has 2 aromatic rings. The van der Waals surface area contributed by atoms with Crippen LogP contribution in [0.15, 0.2) is 48.8 Å². The summed E-state index contributed by atoms with van der Waals surface area (Å²) in [5.74, 6) is 0.0263. The number of carbonyl (C=O) groups excluding carboxylic acids is 1. The summed E-state index contributed by atoms with van der Waals surface area (Å²) in [6.45, 7) is -2.49. The van der Waals surface area contributed by atoms with Crippen LogP contribution in [0, 0.1) is 0 Å². The van der Waals surface area contributed by atoms with E-state index < -0.39 is 6.61 Å². The number of benzene rings is 1. The molecule has 22 heavy (non-hydrogen) atoms. The maximum absolute atomic E-state index is 12.0. The Kier molecular flexibility index (Phi) is 5.82. The van der Waals surface area contributed by atoms with Crippen molar-refractivity contribution >= 4 is 5.91 Å². The Labute approximate surface area is 127 Å². The van der Waals surface area contributed by atoms with E-state index in [1.807, 2.05) is 12.1 Å². The Balaban J connectivity index is 1.74. The lowest BCUT2D eigenvalue weighted by Crippen LogP contribution is -2.23. The first kappa shape index (κ1) is 15.9. The molecule has 1 N–H and O–H groups in total. The predicted octanol–water partition coefficient (Wildman–Crippen LogP) is 2.93. The number of alkyl halides is 2. The van der Waals surface area contributed by atoms with Crippen LogP contribution in [0.25, 0.3) is 0 Å². The van der Waals surface area contributed by atoms with Crippen LogP contribution in [0.4, 0.5) is 8.78 Å². The lowest BCUT2D eigenvalue weighted by atomic mass is 10.1. The lowest BCUT2D eigenvalue weighted by Gasteiger charge is -2.07. The van der Waals surface area contributed by atoms with E-state index in [2.05, 4.69) is 15.0 Å². The van der Waals surface area contributed by atoms with E-state index in [4.69, 9.17) is 0 Å². The van der Waals surface area contributed by atoms with E-state index in [1.54, 1.807) is 24.5 Å². The Morgan fingerprint density at radius 1 is 1.18 bits per heavy atom. The van der Waals surface area contributed by atoms with Gasteiger partial charge in [0.2, 0.25) is 5.91 Å². The number of nitrogens with zero attached hydrogens (tertiary/aromatic N) is 1. The van der Waals surface area contributed by atoms with E-state index in [0.29, 0.717) is 19.4 Å². The van der Waals surface area contributed by atoms with Gasteiger partial charge in [0.25, 0.3) is 0 Å². The molecule has 1 aromatic heterocycles. The highest BCUT2D eigenvalue weighted by Crippen LogP contribution is 2.14. The van der Waals surface area contributed by atoms with Gasteiger partial charge < -0.3 is 10.1 Å². The molecule has 1 aromatic carbocycles. The van der Waals surface area contributed by atoms with Crippen LogP contribution < -0.4 is 10.1 Å². The third kappa shape index (κ3) is 5.47. The van der Waals surface area contributed by atoms with E-state index >= 15 is 0 Å². The molecule has 0 radical (unpaired) electrons. The van der Waals surface area contributed by atoms with Crippen molar-refractivity contribution in [2.24, 2.45) is 0 Å². The van der Waals surface area contributed by atoms with Crippen molar-refractivity contribution in [1.29, 1.82) is 0 Å². The van der Waals surface area contributed by atoms with Gasteiger partial charge in [-0.3, -0.25) is 9.78 Å². The highest BCUT2D eigenvalue weighted by atomic mass is 19.3. The number of rotatable bonds is 7. The highest BCUT2D eigenvalue weighted by Gasteiger charge is 2.05. The van der Waals surface area contributed by atoms with Crippen molar-refractivity contribution in [1.82, 2.24) is 10.3 Å². The molecule has 0 atom stereocenters. The third-order valence-corrected chi connectivity index (χ3v) is 3.00. The average molecular weight is 306 g/mol. The van der Waals surface area contributed by atoms with Gasteiger partial charge in [-0.25, -0.2) is 0 Å². The lowest BCUT2D eigenvalue weighted by molar-refractivity contribution is -0.121. The van der Waals surface area contributed by atoms with Crippen LogP contribution in [-0.4, -0.2) is 17.5 Å². The number of nitrogens with one attached hydrogen (secondary N) is 1. The molecule has 0 aliphatic rings. The number of ether oxygens (including phenoxy) is 1. The van der Waals surface area contributed by atoms with Crippen molar-refractivity contribution in [3.63, 3.8) is 0 Å². The standard InChI is InChI=1S/C16H16F2N2O2/c17-16(18)22-14-6-3-13(4-7-14)11-20-15(21)8-5-12-2-1-9-19-10-12/h1-4,6-7,9-10,16H,5,8,11H2,(H,20,21). The first-order valence-corrected chi connectivity index (χ1v) is 6.83. The molecule has 0 unspecified atom stereocenters. The number of pyridine rings is 1. The second-order valence-corrected chi connectivity index (χ2v) is 4.66. The molecule has 4 nitrogen and oxygen atoms in total. The summed E-state index contributed by atoms with van der Waals surface area (Å²) >= 11 is 0. The van der Waals surface area contributed by atoms with E-state index in [-0.39, 0.29) is 11.7 Å². The molecule has 0 saturated carbocycles. The first-order chi connectivity index (χ1) is 10.6. The fourth-order valence-corrected chi connectivity index (χ4v) is 1.88. The van der Waals surface area contributed by atoms with Gasteiger partial charge in [-0.1, -0.05) is 18.2 Å². The number of amides is 1. The van der Waals surface area contributed by atoms with Crippen LogP contribution >= 0.6 is 0 Å². The number of aryl methyl sites for hydroxylation is 1. The summed E-state index contributed by atoms with van der Waals surface area (Å²) in [5, 5.41) is 2.78. The molecule has 0 aliphatic carbocycles. The predicted molar refractivity (Wildman–Crippen MR) is 77.5 cm³/mol. The molecule has 116 valence electrons. The smallest absolute Gasteiger partial charge is 0.387 e. The van der Waals surface area contributed by atoms with E-state index in [1.165, 1.54) is 12.1 Å². The summed E-state index contributed by atoms with van der Waals surface area (Å²) in [5.41, 5.74) is 1.82. The number of carbonyl (C=O) groups is 1. The summed E-state index contributed by atoms with van der Waals surface area (Å²) in [6.07, 6.45) is 4.42. The van der Waals surface area contributed by atoms with Crippen molar-refractivity contribution in [2.75, 3.05) is 0 Å². The molecular weight excluding hydrogens is 290 g/mol. The number of hydrogen-bond donors (Lipinski definition) is 1. The van der Waals surface area contributed by atoms with Crippen molar-refractivity contribution < 1.29 is 18.3 Å². The molecule has 0 aliphatic heterocycles. The maximum Gasteiger partial charge on any atom is 0.387 e. The maximum atomic E-state index is 12.0. The molecule has 1 amide bonds. The van der Waals surface area contributed by atoms with Gasteiger partial charge in [0.15, 0.2) is 0 Å². The molecular formula is C16H16F2N2O2. The van der Waals surface area contributed by atoms with Crippen LogP contribution in [0.1, 0.15) is 17.5 Å². The summed E-state index contributed by atoms with van der Waals surface area (Å²) in [7, 11) is 0. The van der Waals surface area contributed by atoms with Gasteiger partial charge in [0.05, 0.1) is 0 Å². The number of halogens is 2. The minimum absolute atomic E-state index is 0.0724. The SMILES string of the molecule is O=C(CCc1cccnc1)NCc1ccc(OC(F)F)cc1. The van der Waals surface area contributed by atoms with E-state index in [0.717, 1.165) is 11.1 Å². The molecule has 0 spiro atoms. The Bertz CT molecular complexity index is 589. The zero-order chi connectivity index (χ0) is 15.8. The Morgan fingerprint density at radius 3 is 2.59 bits per heavy atom. The Morgan fingerprint density at radius 2 is 1.95 bits per heavy atom. The van der Waals surface area contributed by atoms with Crippen molar-refractivity contribution in [3.8, 4) is 5.75 Å². The van der Waals surface area contributed by atoms with Gasteiger partial charge in [-0.05, 0) is 35.7 Å². The van der Waals surface area contributed by atoms with Gasteiger partial charge in [0, 0.05) is 25.4 Å². The fraction of sp³-hybridized carbons (Fsp3) is 0.250. The number of hydrogen-bond acceptors (Lipinski definition) is 3. The fourth-order valence-electron chi connectivity index (χ4n) is 1.88. The Hall–Kier alpha value is -2.50. The highest BCUT2D eigenvalue weighted by molar-refractivity contribution is 5.76. The average Bonchev–Trinajstić information content (AvgIpc) is 2.53. The molecule has 0 fully saturated rings. The quantitative estimate of drug-likeness (QED) is 0.855. The summed E-state index contributed by atoms with van der Waals surface area (Å²) in [4.78, 5) is 15.7. The zero-order valence-corrected chi connectivity index (χ0v) is 11.8. The zero-order valence-electron chi connectivity index (χ0n) is 11.8. The molecule has 6 heteroatoms. The molecule has 0 saturated heterocycles. The molecule has 0 bridgehead atoms. The second kappa shape index (κ2) is 8.07. The monoisotopic (exact) mass is 306 g/mol. The van der Waals surface area contributed by atoms with E-state index in [9.17, 15) is 13.6 Å². The second-order valence-electron chi connectivity index (χ2n) is 4.66. The van der Waals surface area contributed by atoms with Gasteiger partial charge >= 0.3 is 6.61 Å². The van der Waals surface area contributed by atoms with Gasteiger partial charge in [-0.15, -0.1) is 0 Å². The van der Waals surface area contributed by atoms with Gasteiger partial charge in [-0.2, -0.15) is 8.78 Å². The van der Waals surface area contributed by atoms with Crippen molar-refractivity contribution in [2.45, 2.75) is 26.0 Å². The summed E-state index contributed by atoms with van der Waals surface area (Å²) in [6, 6.07) is 9.92. The topological polar surface area (TPSA) is 51.2 Å². The van der Waals surface area contributed by atoms with Crippen molar-refractivity contribution in [3.05, 3.63) is 59.9 Å². The largest absolute Gasteiger partial charge is 0.435 e. The molecule has 2 rings (SSSR count). The van der Waals surface area contributed by atoms with Crippen LogP contribution in [-0.2, 0) is 17.8 Å². The van der Waals surface area contributed by atoms with Crippen LogP contribution in [0.5, 0.6) is 5.75 Å². The van der Waals surface area contributed by atoms with Crippen LogP contribution in [0.2, 0.25) is 0 Å². The third-order valence-electron chi connectivity index (χ3n) is 3.00. The normalized spacial score (nSPS) is 10.5. The summed E-state index contributed by atoms with van der Waals surface area (Å²) < 4.78 is 28.3. The minimum Gasteiger partial charge on any atom is -0.435 e. The first-order valence-electron chi connectivity index (χ1n) is 6.83.